The van der Waals surface area contributed by atoms with Gasteiger partial charge in [-0.2, -0.15) is 0 Å². The maximum Gasteiger partial charge on any atom is 0.116 e. The molecule has 4 rings (SSSR count). The zero-order chi connectivity index (χ0) is 17.5. The Bertz CT molecular complexity index is 622. The van der Waals surface area contributed by atoms with Gasteiger partial charge in [0.25, 0.3) is 0 Å². The molecule has 4 aliphatic carbocycles. The van der Waals surface area contributed by atoms with E-state index in [1.807, 2.05) is 19.9 Å². The number of alkyl halides is 1. The molecule has 0 aromatic heterocycles. The van der Waals surface area contributed by atoms with E-state index in [2.05, 4.69) is 0 Å². The SMILES string of the molecule is C[C@]12C=CC(O)CC1C=C(O)[C@H]1[C@@H]3CC(F)C(N)[C@@]3(C)CC[C@]12O. The van der Waals surface area contributed by atoms with Gasteiger partial charge in [0.05, 0.1) is 17.5 Å². The fourth-order valence-corrected chi connectivity index (χ4v) is 6.23. The molecule has 0 radical (unpaired) electrons. The Kier molecular flexibility index (Phi) is 3.33. The van der Waals surface area contributed by atoms with Gasteiger partial charge < -0.3 is 21.1 Å². The number of halogens is 1. The van der Waals surface area contributed by atoms with Gasteiger partial charge in [-0.1, -0.05) is 26.0 Å². The Hall–Kier alpha value is -0.910. The van der Waals surface area contributed by atoms with Gasteiger partial charge in [-0.25, -0.2) is 4.39 Å². The Morgan fingerprint density at radius 3 is 2.67 bits per heavy atom. The second kappa shape index (κ2) is 4.83. The smallest absolute Gasteiger partial charge is 0.116 e. The first kappa shape index (κ1) is 16.6. The van der Waals surface area contributed by atoms with Crippen LogP contribution >= 0.6 is 0 Å². The summed E-state index contributed by atoms with van der Waals surface area (Å²) in [5.74, 6) is -0.640. The van der Waals surface area contributed by atoms with Crippen LogP contribution in [0, 0.1) is 28.6 Å². The molecule has 5 heteroatoms. The van der Waals surface area contributed by atoms with Crippen molar-refractivity contribution in [3.8, 4) is 0 Å². The van der Waals surface area contributed by atoms with Crippen molar-refractivity contribution in [1.82, 2.24) is 0 Å². The fraction of sp³-hybridized carbons (Fsp3) is 0.789. The van der Waals surface area contributed by atoms with Crippen LogP contribution in [0.25, 0.3) is 0 Å². The lowest BCUT2D eigenvalue weighted by Gasteiger charge is -2.62. The minimum atomic E-state index is -1.14. The summed E-state index contributed by atoms with van der Waals surface area (Å²) in [6.45, 7) is 4.00. The standard InChI is InChI=1S/C19H28FNO3/c1-17-5-6-19(24)15(12(17)9-13(20)16(17)21)14(23)8-10-7-11(22)3-4-18(10,19)2/h3-4,8,10-13,15-16,22-24H,5-7,9,21H2,1-2H3/t10?,11?,12-,13?,15+,16?,17-,18-,19-/m0/s1. The summed E-state index contributed by atoms with van der Waals surface area (Å²) in [5.41, 5.74) is 4.05. The third kappa shape index (κ3) is 1.78. The van der Waals surface area contributed by atoms with Crippen molar-refractivity contribution in [3.63, 3.8) is 0 Å². The predicted octanol–water partition coefficient (Wildman–Crippen LogP) is 2.22. The van der Waals surface area contributed by atoms with Gasteiger partial charge >= 0.3 is 0 Å². The molecular weight excluding hydrogens is 309 g/mol. The molecule has 0 aromatic carbocycles. The van der Waals surface area contributed by atoms with E-state index >= 15 is 0 Å². The number of aliphatic hydroxyl groups excluding tert-OH is 2. The summed E-state index contributed by atoms with van der Waals surface area (Å²) in [4.78, 5) is 0. The average Bonchev–Trinajstić information content (AvgIpc) is 2.74. The van der Waals surface area contributed by atoms with E-state index in [0.29, 0.717) is 19.3 Å². The molecule has 0 spiro atoms. The van der Waals surface area contributed by atoms with Gasteiger partial charge in [0.15, 0.2) is 0 Å². The molecular formula is C19H28FNO3. The Morgan fingerprint density at radius 1 is 1.25 bits per heavy atom. The molecule has 0 aromatic rings. The molecule has 0 bridgehead atoms. The van der Waals surface area contributed by atoms with Crippen LogP contribution in [-0.4, -0.2) is 39.2 Å². The maximum atomic E-state index is 14.4. The van der Waals surface area contributed by atoms with Crippen molar-refractivity contribution in [2.45, 2.75) is 63.4 Å². The zero-order valence-corrected chi connectivity index (χ0v) is 14.3. The number of allylic oxidation sites excluding steroid dienone is 1. The highest BCUT2D eigenvalue weighted by Crippen LogP contribution is 2.66. The normalized spacial score (nSPS) is 59.3. The summed E-state index contributed by atoms with van der Waals surface area (Å²) < 4.78 is 14.4. The first-order valence-corrected chi connectivity index (χ1v) is 9.03. The molecule has 0 aliphatic heterocycles. The molecule has 134 valence electrons. The van der Waals surface area contributed by atoms with Gasteiger partial charge in [-0.05, 0) is 49.0 Å². The van der Waals surface area contributed by atoms with Crippen LogP contribution in [0.15, 0.2) is 24.0 Å². The first-order chi connectivity index (χ1) is 11.1. The molecule has 2 fully saturated rings. The number of hydrogen-bond acceptors (Lipinski definition) is 4. The van der Waals surface area contributed by atoms with Gasteiger partial charge in [0.2, 0.25) is 0 Å². The second-order valence-electron chi connectivity index (χ2n) is 8.93. The lowest BCUT2D eigenvalue weighted by atomic mass is 9.45. The summed E-state index contributed by atoms with van der Waals surface area (Å²) in [6, 6.07) is -0.547. The van der Waals surface area contributed by atoms with Gasteiger partial charge in [0, 0.05) is 17.4 Å². The van der Waals surface area contributed by atoms with Crippen molar-refractivity contribution < 1.29 is 19.7 Å². The van der Waals surface area contributed by atoms with E-state index in [-0.39, 0.29) is 24.0 Å². The summed E-state index contributed by atoms with van der Waals surface area (Å²) in [6.07, 6.45) is 5.69. The van der Waals surface area contributed by atoms with Crippen molar-refractivity contribution >= 4 is 0 Å². The summed E-state index contributed by atoms with van der Waals surface area (Å²) in [5, 5.41) is 32.5. The van der Waals surface area contributed by atoms with Crippen LogP contribution in [0.3, 0.4) is 0 Å². The predicted molar refractivity (Wildman–Crippen MR) is 88.8 cm³/mol. The molecule has 4 aliphatic rings. The first-order valence-electron chi connectivity index (χ1n) is 9.03. The third-order valence-electron chi connectivity index (χ3n) is 7.99. The quantitative estimate of drug-likeness (QED) is 0.511. The minimum absolute atomic E-state index is 0.126. The summed E-state index contributed by atoms with van der Waals surface area (Å²) >= 11 is 0. The Labute approximate surface area is 142 Å². The fourth-order valence-electron chi connectivity index (χ4n) is 6.23. The van der Waals surface area contributed by atoms with E-state index in [4.69, 9.17) is 5.73 Å². The number of rotatable bonds is 0. The van der Waals surface area contributed by atoms with Gasteiger partial charge in [-0.3, -0.25) is 0 Å². The number of nitrogens with two attached hydrogens (primary N) is 1. The van der Waals surface area contributed by atoms with Gasteiger partial charge in [0.1, 0.15) is 6.17 Å². The molecule has 4 nitrogen and oxygen atoms in total. The zero-order valence-electron chi connectivity index (χ0n) is 14.3. The minimum Gasteiger partial charge on any atom is -0.512 e. The van der Waals surface area contributed by atoms with Crippen LogP contribution in [0.4, 0.5) is 4.39 Å². The molecule has 0 amide bonds. The van der Waals surface area contributed by atoms with E-state index in [1.54, 1.807) is 12.2 Å². The second-order valence-corrected chi connectivity index (χ2v) is 8.93. The van der Waals surface area contributed by atoms with Crippen molar-refractivity contribution in [1.29, 1.82) is 0 Å². The van der Waals surface area contributed by atoms with Crippen LogP contribution in [0.2, 0.25) is 0 Å². The van der Waals surface area contributed by atoms with Crippen LogP contribution < -0.4 is 5.73 Å². The van der Waals surface area contributed by atoms with E-state index < -0.39 is 40.7 Å². The van der Waals surface area contributed by atoms with Gasteiger partial charge in [-0.15, -0.1) is 0 Å². The molecule has 4 unspecified atom stereocenters. The van der Waals surface area contributed by atoms with Crippen LogP contribution in [0.5, 0.6) is 0 Å². The highest BCUT2D eigenvalue weighted by molar-refractivity contribution is 5.32. The Balaban J connectivity index is 1.83. The third-order valence-corrected chi connectivity index (χ3v) is 7.99. The number of hydrogen-bond donors (Lipinski definition) is 4. The van der Waals surface area contributed by atoms with Crippen LogP contribution in [0.1, 0.15) is 39.5 Å². The van der Waals surface area contributed by atoms with E-state index in [9.17, 15) is 19.7 Å². The van der Waals surface area contributed by atoms with Crippen molar-refractivity contribution in [2.24, 2.45) is 34.3 Å². The maximum absolute atomic E-state index is 14.4. The number of aliphatic hydroxyl groups is 3. The molecule has 5 N–H and O–H groups in total. The van der Waals surface area contributed by atoms with Crippen molar-refractivity contribution in [3.05, 3.63) is 24.0 Å². The molecule has 9 atom stereocenters. The average molecular weight is 337 g/mol. The lowest BCUT2D eigenvalue weighted by Crippen LogP contribution is -2.65. The van der Waals surface area contributed by atoms with Crippen LogP contribution in [-0.2, 0) is 0 Å². The molecule has 0 heterocycles. The molecule has 0 saturated heterocycles. The topological polar surface area (TPSA) is 86.7 Å². The molecule has 24 heavy (non-hydrogen) atoms. The monoisotopic (exact) mass is 337 g/mol. The largest absolute Gasteiger partial charge is 0.512 e. The summed E-state index contributed by atoms with van der Waals surface area (Å²) in [7, 11) is 0. The van der Waals surface area contributed by atoms with E-state index in [1.165, 1.54) is 0 Å². The highest BCUT2D eigenvalue weighted by Gasteiger charge is 2.68. The Morgan fingerprint density at radius 2 is 1.96 bits per heavy atom. The van der Waals surface area contributed by atoms with Crippen molar-refractivity contribution in [2.75, 3.05) is 0 Å². The molecule has 2 saturated carbocycles. The lowest BCUT2D eigenvalue weighted by molar-refractivity contribution is -0.187. The van der Waals surface area contributed by atoms with E-state index in [0.717, 1.165) is 0 Å². The number of fused-ring (bicyclic) bond motifs is 5. The highest BCUT2D eigenvalue weighted by atomic mass is 19.1.